The molecule has 0 radical (unpaired) electrons. The van der Waals surface area contributed by atoms with Crippen molar-refractivity contribution in [2.75, 3.05) is 6.61 Å². The van der Waals surface area contributed by atoms with Crippen molar-refractivity contribution in [1.82, 2.24) is 0 Å². The van der Waals surface area contributed by atoms with Crippen LogP contribution in [-0.2, 0) is 9.53 Å². The van der Waals surface area contributed by atoms with Gasteiger partial charge in [-0.05, 0) is 18.9 Å². The van der Waals surface area contributed by atoms with E-state index >= 15 is 0 Å². The number of hydrogen-bond acceptors (Lipinski definition) is 2. The van der Waals surface area contributed by atoms with E-state index in [1.165, 1.54) is 0 Å². The molecular formula is C15H18O2. The number of benzene rings is 1. The van der Waals surface area contributed by atoms with Gasteiger partial charge < -0.3 is 4.74 Å². The molecule has 0 heterocycles. The first-order valence-electron chi connectivity index (χ1n) is 5.72. The summed E-state index contributed by atoms with van der Waals surface area (Å²) in [7, 11) is 0. The molecule has 0 aromatic heterocycles. The molecule has 2 heteroatoms. The molecule has 0 N–H and O–H groups in total. The van der Waals surface area contributed by atoms with Gasteiger partial charge in [0.05, 0.1) is 6.61 Å². The van der Waals surface area contributed by atoms with Gasteiger partial charge in [-0.2, -0.15) is 0 Å². The van der Waals surface area contributed by atoms with E-state index in [-0.39, 0.29) is 11.9 Å². The maximum absolute atomic E-state index is 11.7. The fraction of sp³-hybridized carbons (Fsp3) is 0.267. The van der Waals surface area contributed by atoms with Gasteiger partial charge in [0.1, 0.15) is 0 Å². The molecule has 0 bridgehead atoms. The molecule has 0 saturated heterocycles. The molecule has 1 aromatic rings. The van der Waals surface area contributed by atoms with Crippen molar-refractivity contribution >= 4 is 5.97 Å². The first-order valence-corrected chi connectivity index (χ1v) is 5.72. The minimum Gasteiger partial charge on any atom is -0.463 e. The summed E-state index contributed by atoms with van der Waals surface area (Å²) in [5.74, 6) is -0.379. The maximum atomic E-state index is 11.7. The fourth-order valence-corrected chi connectivity index (χ4v) is 1.70. The highest BCUT2D eigenvalue weighted by Crippen LogP contribution is 2.27. The summed E-state index contributed by atoms with van der Waals surface area (Å²) in [5.41, 5.74) is 1.54. The molecule has 0 spiro atoms. The summed E-state index contributed by atoms with van der Waals surface area (Å²) < 4.78 is 4.98. The van der Waals surface area contributed by atoms with Crippen LogP contribution in [0.1, 0.15) is 24.8 Å². The van der Waals surface area contributed by atoms with Gasteiger partial charge in [-0.3, -0.25) is 0 Å². The second-order valence-electron chi connectivity index (χ2n) is 3.73. The van der Waals surface area contributed by atoms with Crippen LogP contribution in [0.2, 0.25) is 0 Å². The van der Waals surface area contributed by atoms with Crippen molar-refractivity contribution in [3.63, 3.8) is 0 Å². The van der Waals surface area contributed by atoms with Gasteiger partial charge in [0.15, 0.2) is 0 Å². The van der Waals surface area contributed by atoms with Gasteiger partial charge in [-0.1, -0.05) is 43.0 Å². The smallest absolute Gasteiger partial charge is 0.334 e. The highest BCUT2D eigenvalue weighted by atomic mass is 16.5. The van der Waals surface area contributed by atoms with E-state index in [1.807, 2.05) is 30.3 Å². The summed E-state index contributed by atoms with van der Waals surface area (Å²) >= 11 is 0. The van der Waals surface area contributed by atoms with E-state index < -0.39 is 0 Å². The molecule has 1 rings (SSSR count). The molecule has 0 amide bonds. The Bertz CT molecular complexity index is 393. The highest BCUT2D eigenvalue weighted by Gasteiger charge is 2.20. The Labute approximate surface area is 103 Å². The topological polar surface area (TPSA) is 26.3 Å². The summed E-state index contributed by atoms with van der Waals surface area (Å²) in [6.45, 7) is 9.72. The second-order valence-corrected chi connectivity index (χ2v) is 3.73. The molecule has 0 aliphatic heterocycles. The minimum absolute atomic E-state index is 0.0484. The number of esters is 1. The number of ether oxygens (including phenoxy) is 1. The van der Waals surface area contributed by atoms with E-state index in [0.29, 0.717) is 18.6 Å². The van der Waals surface area contributed by atoms with E-state index in [2.05, 4.69) is 13.2 Å². The van der Waals surface area contributed by atoms with Gasteiger partial charge in [0.2, 0.25) is 0 Å². The number of hydrogen-bond donors (Lipinski definition) is 0. The van der Waals surface area contributed by atoms with E-state index in [0.717, 1.165) is 5.56 Å². The van der Waals surface area contributed by atoms with Gasteiger partial charge in [-0.25, -0.2) is 4.79 Å². The Morgan fingerprint density at radius 3 is 2.59 bits per heavy atom. The molecule has 0 aliphatic rings. The van der Waals surface area contributed by atoms with Crippen molar-refractivity contribution in [3.05, 3.63) is 60.7 Å². The molecule has 0 aliphatic carbocycles. The first-order chi connectivity index (χ1) is 8.20. The predicted octanol–water partition coefficient (Wildman–Crippen LogP) is 3.47. The van der Waals surface area contributed by atoms with Crippen LogP contribution in [0.25, 0.3) is 0 Å². The maximum Gasteiger partial charge on any atom is 0.334 e. The third-order valence-electron chi connectivity index (χ3n) is 2.56. The standard InChI is InChI=1S/C15H18O2/c1-4-9-14(12(3)15(16)17-5-2)13-10-7-6-8-11-13/h4,6-8,10-11,14H,1,3,5,9H2,2H3/t14-/m0/s1. The quantitative estimate of drug-likeness (QED) is 0.425. The zero-order chi connectivity index (χ0) is 12.7. The average molecular weight is 230 g/mol. The second kappa shape index (κ2) is 6.69. The van der Waals surface area contributed by atoms with Crippen molar-refractivity contribution < 1.29 is 9.53 Å². The lowest BCUT2D eigenvalue weighted by atomic mass is 9.89. The van der Waals surface area contributed by atoms with Crippen molar-refractivity contribution in [1.29, 1.82) is 0 Å². The number of rotatable bonds is 6. The Hall–Kier alpha value is -1.83. The Morgan fingerprint density at radius 1 is 1.41 bits per heavy atom. The average Bonchev–Trinajstić information content (AvgIpc) is 2.36. The minimum atomic E-state index is -0.330. The van der Waals surface area contributed by atoms with Crippen molar-refractivity contribution in [3.8, 4) is 0 Å². The lowest BCUT2D eigenvalue weighted by Crippen LogP contribution is -2.13. The summed E-state index contributed by atoms with van der Waals surface area (Å²) in [6, 6.07) is 9.81. The SMILES string of the molecule is C=CC[C@@H](C(=C)C(=O)OCC)c1ccccc1. The molecule has 2 nitrogen and oxygen atoms in total. The largest absolute Gasteiger partial charge is 0.463 e. The van der Waals surface area contributed by atoms with E-state index in [9.17, 15) is 4.79 Å². The molecule has 17 heavy (non-hydrogen) atoms. The van der Waals surface area contributed by atoms with Crippen molar-refractivity contribution in [2.45, 2.75) is 19.3 Å². The van der Waals surface area contributed by atoms with Gasteiger partial charge >= 0.3 is 5.97 Å². The number of allylic oxidation sites excluding steroid dienone is 1. The lowest BCUT2D eigenvalue weighted by molar-refractivity contribution is -0.138. The molecular weight excluding hydrogens is 212 g/mol. The monoisotopic (exact) mass is 230 g/mol. The lowest BCUT2D eigenvalue weighted by Gasteiger charge is -2.17. The Balaban J connectivity index is 2.90. The van der Waals surface area contributed by atoms with E-state index in [4.69, 9.17) is 4.74 Å². The van der Waals surface area contributed by atoms with Crippen LogP contribution in [0.3, 0.4) is 0 Å². The molecule has 0 fully saturated rings. The number of carbonyl (C=O) groups excluding carboxylic acids is 1. The zero-order valence-corrected chi connectivity index (χ0v) is 10.2. The summed E-state index contributed by atoms with van der Waals surface area (Å²) in [5, 5.41) is 0. The normalized spacial score (nSPS) is 11.6. The van der Waals surface area contributed by atoms with Crippen LogP contribution >= 0.6 is 0 Å². The third kappa shape index (κ3) is 3.59. The number of carbonyl (C=O) groups is 1. The highest BCUT2D eigenvalue weighted by molar-refractivity contribution is 5.89. The Kier molecular flexibility index (Phi) is 5.21. The van der Waals surface area contributed by atoms with Crippen LogP contribution in [0.15, 0.2) is 55.1 Å². The van der Waals surface area contributed by atoms with Gasteiger partial charge in [0, 0.05) is 11.5 Å². The molecule has 90 valence electrons. The van der Waals surface area contributed by atoms with Crippen LogP contribution in [-0.4, -0.2) is 12.6 Å². The zero-order valence-electron chi connectivity index (χ0n) is 10.2. The summed E-state index contributed by atoms with van der Waals surface area (Å²) in [4.78, 5) is 11.7. The predicted molar refractivity (Wildman–Crippen MR) is 69.8 cm³/mol. The Morgan fingerprint density at radius 2 is 2.06 bits per heavy atom. The van der Waals surface area contributed by atoms with Crippen LogP contribution in [0, 0.1) is 0 Å². The van der Waals surface area contributed by atoms with E-state index in [1.54, 1.807) is 13.0 Å². The fourth-order valence-electron chi connectivity index (χ4n) is 1.70. The van der Waals surface area contributed by atoms with Gasteiger partial charge in [-0.15, -0.1) is 6.58 Å². The van der Waals surface area contributed by atoms with Crippen LogP contribution < -0.4 is 0 Å². The van der Waals surface area contributed by atoms with Crippen LogP contribution in [0.5, 0.6) is 0 Å². The molecule has 0 saturated carbocycles. The first kappa shape index (κ1) is 13.2. The van der Waals surface area contributed by atoms with Gasteiger partial charge in [0.25, 0.3) is 0 Å². The molecule has 1 atom stereocenters. The van der Waals surface area contributed by atoms with Crippen LogP contribution in [0.4, 0.5) is 0 Å². The molecule has 0 unspecified atom stereocenters. The van der Waals surface area contributed by atoms with Crippen molar-refractivity contribution in [2.24, 2.45) is 0 Å². The summed E-state index contributed by atoms with van der Waals surface area (Å²) in [6.07, 6.45) is 2.48. The molecule has 1 aromatic carbocycles. The third-order valence-corrected chi connectivity index (χ3v) is 2.56.